The van der Waals surface area contributed by atoms with E-state index in [2.05, 4.69) is 5.16 Å². The lowest BCUT2D eigenvalue weighted by Gasteiger charge is -2.18. The summed E-state index contributed by atoms with van der Waals surface area (Å²) < 4.78 is 22.3. The van der Waals surface area contributed by atoms with Crippen LogP contribution in [0.3, 0.4) is 0 Å². The number of methoxy groups -OCH3 is 4. The molecule has 0 fully saturated rings. The fraction of sp³-hybridized carbons (Fsp3) is 0.421. The predicted molar refractivity (Wildman–Crippen MR) is 98.6 cm³/mol. The molecule has 0 saturated carbocycles. The maximum Gasteiger partial charge on any atom is 0.140 e. The van der Waals surface area contributed by atoms with Crippen LogP contribution in [-0.2, 0) is 4.84 Å². The minimum atomic E-state index is 0.557. The smallest absolute Gasteiger partial charge is 0.140 e. The summed E-state index contributed by atoms with van der Waals surface area (Å²) in [5.74, 6) is 2.61. The molecule has 0 heterocycles. The highest BCUT2D eigenvalue weighted by Gasteiger charge is 2.22. The van der Waals surface area contributed by atoms with Crippen molar-refractivity contribution < 1.29 is 23.8 Å². The van der Waals surface area contributed by atoms with Crippen LogP contribution in [0.4, 0.5) is 0 Å². The van der Waals surface area contributed by atoms with Gasteiger partial charge in [-0.25, -0.2) is 0 Å². The molecular weight excluding hydrogens is 322 g/mol. The molecule has 0 bridgehead atoms. The van der Waals surface area contributed by atoms with Crippen LogP contribution in [0.25, 0.3) is 10.8 Å². The largest absolute Gasteiger partial charge is 0.496 e. The maximum absolute atomic E-state index is 5.70. The normalized spacial score (nSPS) is 11.4. The van der Waals surface area contributed by atoms with Crippen LogP contribution in [0.5, 0.6) is 23.0 Å². The van der Waals surface area contributed by atoms with E-state index in [0.29, 0.717) is 35.3 Å². The van der Waals surface area contributed by atoms with Crippen LogP contribution in [0.2, 0.25) is 0 Å². The van der Waals surface area contributed by atoms with Crippen molar-refractivity contribution in [3.63, 3.8) is 0 Å². The molecule has 2 rings (SSSR count). The Hall–Kier alpha value is -2.63. The summed E-state index contributed by atoms with van der Waals surface area (Å²) >= 11 is 0. The summed E-state index contributed by atoms with van der Waals surface area (Å²) in [7, 11) is 6.46. The predicted octanol–water partition coefficient (Wildman–Crippen LogP) is 4.02. The molecule has 2 aromatic carbocycles. The van der Waals surface area contributed by atoms with Crippen molar-refractivity contribution in [3.05, 3.63) is 23.8 Å². The van der Waals surface area contributed by atoms with E-state index in [1.807, 2.05) is 32.0 Å². The first kappa shape index (κ1) is 18.7. The zero-order chi connectivity index (χ0) is 18.4. The second kappa shape index (κ2) is 8.46. The highest BCUT2D eigenvalue weighted by Crippen LogP contribution is 2.46. The average molecular weight is 347 g/mol. The molecular formula is C19H25NO5. The van der Waals surface area contributed by atoms with E-state index in [1.165, 1.54) is 0 Å². The molecule has 0 radical (unpaired) electrons. The molecule has 0 aliphatic heterocycles. The van der Waals surface area contributed by atoms with Gasteiger partial charge in [-0.15, -0.1) is 0 Å². The first-order valence-corrected chi connectivity index (χ1v) is 8.09. The Morgan fingerprint density at radius 3 is 2.00 bits per heavy atom. The quantitative estimate of drug-likeness (QED) is 0.410. The van der Waals surface area contributed by atoms with Gasteiger partial charge in [-0.2, -0.15) is 0 Å². The van der Waals surface area contributed by atoms with E-state index < -0.39 is 0 Å². The monoisotopic (exact) mass is 347 g/mol. The van der Waals surface area contributed by atoms with Crippen LogP contribution in [-0.4, -0.2) is 40.8 Å². The maximum atomic E-state index is 5.70. The number of benzene rings is 2. The number of hydrogen-bond donors (Lipinski definition) is 0. The van der Waals surface area contributed by atoms with Gasteiger partial charge >= 0.3 is 0 Å². The van der Waals surface area contributed by atoms with Gasteiger partial charge in [-0.1, -0.05) is 12.1 Å². The molecule has 136 valence electrons. The van der Waals surface area contributed by atoms with Gasteiger partial charge in [-0.05, 0) is 31.5 Å². The third kappa shape index (κ3) is 3.57. The minimum absolute atomic E-state index is 0.557. The number of ether oxygens (including phenoxy) is 4. The van der Waals surface area contributed by atoms with Crippen molar-refractivity contribution in [3.8, 4) is 23.0 Å². The second-order valence-corrected chi connectivity index (χ2v) is 5.39. The highest BCUT2D eigenvalue weighted by atomic mass is 16.6. The minimum Gasteiger partial charge on any atom is -0.496 e. The average Bonchev–Trinajstić information content (AvgIpc) is 2.65. The molecule has 0 saturated heterocycles. The van der Waals surface area contributed by atoms with Crippen molar-refractivity contribution in [1.82, 2.24) is 0 Å². The third-order valence-corrected chi connectivity index (χ3v) is 3.87. The zero-order valence-corrected chi connectivity index (χ0v) is 15.6. The van der Waals surface area contributed by atoms with Gasteiger partial charge in [0, 0.05) is 5.56 Å². The zero-order valence-electron chi connectivity index (χ0n) is 15.6. The summed E-state index contributed by atoms with van der Waals surface area (Å²) in [5, 5.41) is 5.73. The molecule has 25 heavy (non-hydrogen) atoms. The number of rotatable bonds is 8. The Bertz CT molecular complexity index is 770. The van der Waals surface area contributed by atoms with E-state index in [0.717, 1.165) is 22.8 Å². The Kier molecular flexibility index (Phi) is 6.33. The molecule has 6 nitrogen and oxygen atoms in total. The van der Waals surface area contributed by atoms with Crippen LogP contribution in [0.15, 0.2) is 23.4 Å². The van der Waals surface area contributed by atoms with Crippen LogP contribution >= 0.6 is 0 Å². The van der Waals surface area contributed by atoms with Gasteiger partial charge in [0.1, 0.15) is 29.6 Å². The molecule has 2 aromatic rings. The van der Waals surface area contributed by atoms with E-state index >= 15 is 0 Å². The Morgan fingerprint density at radius 2 is 1.48 bits per heavy atom. The fourth-order valence-electron chi connectivity index (χ4n) is 2.70. The van der Waals surface area contributed by atoms with E-state index in [-0.39, 0.29) is 0 Å². The molecule has 0 spiro atoms. The lowest BCUT2D eigenvalue weighted by atomic mass is 9.99. The van der Waals surface area contributed by atoms with Crippen LogP contribution in [0.1, 0.15) is 25.8 Å². The Balaban J connectivity index is 2.83. The Morgan fingerprint density at radius 1 is 0.880 bits per heavy atom. The molecule has 0 unspecified atom stereocenters. The summed E-state index contributed by atoms with van der Waals surface area (Å²) in [4.78, 5) is 5.32. The molecule has 0 N–H and O–H groups in total. The number of oxime groups is 1. The molecule has 0 aromatic heterocycles. The van der Waals surface area contributed by atoms with E-state index in [1.54, 1.807) is 28.4 Å². The van der Waals surface area contributed by atoms with Crippen molar-refractivity contribution in [1.29, 1.82) is 0 Å². The molecule has 6 heteroatoms. The summed E-state index contributed by atoms with van der Waals surface area (Å²) in [6.45, 7) is 4.45. The molecule has 0 amide bonds. The lowest BCUT2D eigenvalue weighted by molar-refractivity contribution is 0.145. The SMILES string of the molecule is CCCON=C(C)c1cc(OC)c2c(OC)ccc(OC)c2c1OC. The van der Waals surface area contributed by atoms with E-state index in [4.69, 9.17) is 23.8 Å². The summed E-state index contributed by atoms with van der Waals surface area (Å²) in [5.41, 5.74) is 1.46. The van der Waals surface area contributed by atoms with Crippen molar-refractivity contribution >= 4 is 16.5 Å². The number of nitrogens with zero attached hydrogens (tertiary/aromatic N) is 1. The van der Waals surface area contributed by atoms with Crippen LogP contribution < -0.4 is 18.9 Å². The van der Waals surface area contributed by atoms with Crippen LogP contribution in [0, 0.1) is 0 Å². The van der Waals surface area contributed by atoms with E-state index in [9.17, 15) is 0 Å². The van der Waals surface area contributed by atoms with Gasteiger partial charge < -0.3 is 23.8 Å². The van der Waals surface area contributed by atoms with Gasteiger partial charge in [-0.3, -0.25) is 0 Å². The topological polar surface area (TPSA) is 58.5 Å². The Labute approximate surface area is 148 Å². The summed E-state index contributed by atoms with van der Waals surface area (Å²) in [6.07, 6.45) is 0.889. The number of hydrogen-bond acceptors (Lipinski definition) is 6. The molecule has 0 aliphatic carbocycles. The second-order valence-electron chi connectivity index (χ2n) is 5.39. The van der Waals surface area contributed by atoms with Gasteiger partial charge in [0.15, 0.2) is 0 Å². The first-order chi connectivity index (χ1) is 12.1. The lowest BCUT2D eigenvalue weighted by Crippen LogP contribution is -2.04. The third-order valence-electron chi connectivity index (χ3n) is 3.87. The molecule has 0 atom stereocenters. The van der Waals surface area contributed by atoms with Gasteiger partial charge in [0.05, 0.1) is 44.9 Å². The van der Waals surface area contributed by atoms with Gasteiger partial charge in [0.25, 0.3) is 0 Å². The fourth-order valence-corrected chi connectivity index (χ4v) is 2.70. The van der Waals surface area contributed by atoms with Gasteiger partial charge in [0.2, 0.25) is 0 Å². The molecule has 0 aliphatic rings. The van der Waals surface area contributed by atoms with Crippen molar-refractivity contribution in [2.45, 2.75) is 20.3 Å². The number of fused-ring (bicyclic) bond motifs is 1. The summed E-state index contributed by atoms with van der Waals surface area (Å²) in [6, 6.07) is 5.55. The van der Waals surface area contributed by atoms with Crippen molar-refractivity contribution in [2.24, 2.45) is 5.16 Å². The van der Waals surface area contributed by atoms with Crippen molar-refractivity contribution in [2.75, 3.05) is 35.0 Å². The first-order valence-electron chi connectivity index (χ1n) is 8.09. The standard InChI is InChI=1S/C19H25NO5/c1-7-10-25-20-12(2)13-11-16(23-5)17-14(21-3)8-9-15(22-4)18(17)19(13)24-6/h8-9,11H,7,10H2,1-6H3. The highest BCUT2D eigenvalue weighted by molar-refractivity contribution is 6.11.